The zero-order valence-electron chi connectivity index (χ0n) is 16.6. The van der Waals surface area contributed by atoms with Crippen LogP contribution in [-0.2, 0) is 11.5 Å². The van der Waals surface area contributed by atoms with Gasteiger partial charge in [0.1, 0.15) is 0 Å². The van der Waals surface area contributed by atoms with Crippen molar-refractivity contribution in [1.82, 2.24) is 0 Å². The van der Waals surface area contributed by atoms with Crippen LogP contribution in [0.2, 0.25) is 0 Å². The van der Waals surface area contributed by atoms with Crippen LogP contribution in [0.3, 0.4) is 0 Å². The zero-order chi connectivity index (χ0) is 18.1. The summed E-state index contributed by atoms with van der Waals surface area (Å²) in [4.78, 5) is 0. The molecule has 0 saturated carbocycles. The molecule has 141 valence electrons. The van der Waals surface area contributed by atoms with E-state index in [2.05, 4.69) is 65.0 Å². The maximum atomic E-state index is 9.69. The first-order valence-electron chi connectivity index (χ1n) is 8.83. The number of benzene rings is 1. The fraction of sp³-hybridized carbons (Fsp3) is 0.619. The van der Waals surface area contributed by atoms with Crippen LogP contribution in [-0.4, -0.2) is 12.1 Å². The fourth-order valence-electron chi connectivity index (χ4n) is 1.54. The van der Waals surface area contributed by atoms with Crippen molar-refractivity contribution in [3.05, 3.63) is 47.5 Å². The maximum Gasteiger partial charge on any atom is 0.0822 e. The van der Waals surface area contributed by atoms with E-state index in [-0.39, 0.29) is 24.6 Å². The quantitative estimate of drug-likeness (QED) is 0.467. The van der Waals surface area contributed by atoms with Crippen molar-refractivity contribution >= 4 is 12.4 Å². The summed E-state index contributed by atoms with van der Waals surface area (Å²) in [5.74, 6) is 0. The molecule has 0 aliphatic rings. The van der Waals surface area contributed by atoms with Crippen molar-refractivity contribution < 1.29 is 5.11 Å². The minimum atomic E-state index is -0.0542. The number of halogens is 1. The molecule has 0 aliphatic heterocycles. The number of hydrogen-bond acceptors (Lipinski definition) is 1. The van der Waals surface area contributed by atoms with Gasteiger partial charge >= 0.3 is 0 Å². The molecule has 1 aromatic rings. The average Bonchev–Trinajstić information content (AvgIpc) is 2.54. The minimum absolute atomic E-state index is 0. The molecule has 1 radical (unpaired) electrons. The van der Waals surface area contributed by atoms with E-state index in [1.807, 2.05) is 13.0 Å². The van der Waals surface area contributed by atoms with Crippen LogP contribution in [0.25, 0.3) is 0 Å². The summed E-state index contributed by atoms with van der Waals surface area (Å²) in [5, 5.41) is 9.69. The third-order valence-electron chi connectivity index (χ3n) is 3.58. The Balaban J connectivity index is -0.000000313. The fourth-order valence-corrected chi connectivity index (χ4v) is 1.54. The number of rotatable bonds is 6. The maximum absolute atomic E-state index is 9.69. The average molecular weight is 357 g/mol. The first kappa shape index (κ1) is 28.0. The Kier molecular flexibility index (Phi) is 21.6. The van der Waals surface area contributed by atoms with Gasteiger partial charge in [-0.3, -0.25) is 0 Å². The largest absolute Gasteiger partial charge is 0.325 e. The first-order valence-corrected chi connectivity index (χ1v) is 8.83. The van der Waals surface area contributed by atoms with Crippen LogP contribution < -0.4 is 5.73 Å². The molecule has 0 aromatic heterocycles. The predicted octanol–water partition coefficient (Wildman–Crippen LogP) is 6.36. The van der Waals surface area contributed by atoms with E-state index >= 15 is 0 Å². The van der Waals surface area contributed by atoms with Crippen molar-refractivity contribution in [1.29, 1.82) is 0 Å². The number of hydrogen-bond donors (Lipinski definition) is 1. The lowest BCUT2D eigenvalue weighted by molar-refractivity contribution is 0.186. The topological polar surface area (TPSA) is 45.9 Å². The van der Waals surface area contributed by atoms with Crippen LogP contribution >= 0.6 is 12.4 Å². The second-order valence-corrected chi connectivity index (χ2v) is 6.45. The van der Waals surface area contributed by atoms with Crippen molar-refractivity contribution in [3.8, 4) is 0 Å². The third kappa shape index (κ3) is 21.2. The Morgan fingerprint density at radius 2 is 1.62 bits per heavy atom. The highest BCUT2D eigenvalue weighted by Gasteiger charge is 2.15. The lowest BCUT2D eigenvalue weighted by Gasteiger charge is -2.22. The lowest BCUT2D eigenvalue weighted by Crippen LogP contribution is -2.37. The first-order chi connectivity index (χ1) is 10.8. The van der Waals surface area contributed by atoms with Crippen molar-refractivity contribution in [2.45, 2.75) is 79.2 Å². The molecule has 0 bridgehead atoms. The summed E-state index contributed by atoms with van der Waals surface area (Å²) in [6.45, 7) is 12.6. The van der Waals surface area contributed by atoms with Gasteiger partial charge in [0.2, 0.25) is 0 Å². The molecular weight excluding hydrogens is 318 g/mol. The van der Waals surface area contributed by atoms with E-state index in [4.69, 9.17) is 5.73 Å². The van der Waals surface area contributed by atoms with E-state index in [1.54, 1.807) is 0 Å². The van der Waals surface area contributed by atoms with Crippen LogP contribution in [0.4, 0.5) is 0 Å². The van der Waals surface area contributed by atoms with Crippen LogP contribution in [0.5, 0.6) is 0 Å². The van der Waals surface area contributed by atoms with Gasteiger partial charge in [-0.1, -0.05) is 68.7 Å². The molecular formula is C21H39ClNO. The second-order valence-electron chi connectivity index (χ2n) is 6.45. The van der Waals surface area contributed by atoms with Gasteiger partial charge in [0.15, 0.2) is 0 Å². The smallest absolute Gasteiger partial charge is 0.0822 e. The summed E-state index contributed by atoms with van der Waals surface area (Å²) in [7, 11) is 0. The number of nitrogens with two attached hydrogens (primary N) is 1. The van der Waals surface area contributed by atoms with Gasteiger partial charge in [-0.2, -0.15) is 0 Å². The van der Waals surface area contributed by atoms with E-state index in [0.717, 1.165) is 32.1 Å². The van der Waals surface area contributed by atoms with Crippen LogP contribution in [0.15, 0.2) is 42.0 Å². The SMILES string of the molecule is CC=C(C)C.CCC(C)(N)Cc1ccccc1.CCCCC[O].Cl. The molecule has 1 aromatic carbocycles. The number of unbranched alkanes of at least 4 members (excludes halogenated alkanes) is 2. The Bertz CT molecular complexity index is 380. The van der Waals surface area contributed by atoms with Gasteiger partial charge in [0.25, 0.3) is 0 Å². The van der Waals surface area contributed by atoms with Gasteiger partial charge in [-0.25, -0.2) is 5.11 Å². The van der Waals surface area contributed by atoms with Crippen LogP contribution in [0, 0.1) is 0 Å². The van der Waals surface area contributed by atoms with Crippen molar-refractivity contribution in [2.24, 2.45) is 5.73 Å². The summed E-state index contributed by atoms with van der Waals surface area (Å²) < 4.78 is 0. The molecule has 1 atom stereocenters. The lowest BCUT2D eigenvalue weighted by atomic mass is 9.92. The highest BCUT2D eigenvalue weighted by molar-refractivity contribution is 5.85. The minimum Gasteiger partial charge on any atom is -0.325 e. The van der Waals surface area contributed by atoms with Gasteiger partial charge in [0.05, 0.1) is 6.61 Å². The normalized spacial score (nSPS) is 11.5. The summed E-state index contributed by atoms with van der Waals surface area (Å²) in [5.41, 5.74) is 8.70. The van der Waals surface area contributed by atoms with E-state index < -0.39 is 0 Å². The Morgan fingerprint density at radius 1 is 1.12 bits per heavy atom. The molecule has 1 unspecified atom stereocenters. The zero-order valence-corrected chi connectivity index (χ0v) is 17.4. The van der Waals surface area contributed by atoms with Crippen molar-refractivity contribution in [3.63, 3.8) is 0 Å². The van der Waals surface area contributed by atoms with Gasteiger partial charge in [-0.15, -0.1) is 12.4 Å². The van der Waals surface area contributed by atoms with Gasteiger partial charge in [0, 0.05) is 5.54 Å². The molecule has 0 spiro atoms. The van der Waals surface area contributed by atoms with Gasteiger partial charge < -0.3 is 5.73 Å². The Labute approximate surface area is 157 Å². The summed E-state index contributed by atoms with van der Waals surface area (Å²) in [6, 6.07) is 10.4. The molecule has 1 rings (SSSR count). The van der Waals surface area contributed by atoms with E-state index in [9.17, 15) is 5.11 Å². The molecule has 0 fully saturated rings. The predicted molar refractivity (Wildman–Crippen MR) is 110 cm³/mol. The molecule has 3 heteroatoms. The van der Waals surface area contributed by atoms with E-state index in [0.29, 0.717) is 0 Å². The molecule has 0 heterocycles. The summed E-state index contributed by atoms with van der Waals surface area (Å²) >= 11 is 0. The Hall–Kier alpha value is -0.830. The third-order valence-corrected chi connectivity index (χ3v) is 3.58. The van der Waals surface area contributed by atoms with Crippen LogP contribution in [0.1, 0.15) is 72.8 Å². The highest BCUT2D eigenvalue weighted by atomic mass is 35.5. The molecule has 0 aliphatic carbocycles. The molecule has 2 N–H and O–H groups in total. The molecule has 0 saturated heterocycles. The summed E-state index contributed by atoms with van der Waals surface area (Å²) in [6.07, 6.45) is 7.18. The molecule has 24 heavy (non-hydrogen) atoms. The monoisotopic (exact) mass is 356 g/mol. The van der Waals surface area contributed by atoms with Gasteiger partial charge in [-0.05, 0) is 52.5 Å². The highest BCUT2D eigenvalue weighted by Crippen LogP contribution is 2.13. The van der Waals surface area contributed by atoms with Crippen molar-refractivity contribution in [2.75, 3.05) is 6.61 Å². The number of allylic oxidation sites excluding steroid dienone is 2. The Morgan fingerprint density at radius 3 is 1.92 bits per heavy atom. The molecule has 0 amide bonds. The molecule has 2 nitrogen and oxygen atoms in total. The van der Waals surface area contributed by atoms with E-state index in [1.165, 1.54) is 11.1 Å². The standard InChI is InChI=1S/C11H17N.C5H11O.C5H10.ClH/c1-3-11(2,12)9-10-7-5-4-6-8-10;1-2-3-4-5-6;1-4-5(2)3;/h4-8H,3,9,12H2,1-2H3;2-5H2,1H3;4H,1-3H3;1H. The second kappa shape index (κ2) is 18.5.